The topological polar surface area (TPSA) is 98.6 Å². The van der Waals surface area contributed by atoms with Gasteiger partial charge in [-0.2, -0.15) is 0 Å². The van der Waals surface area contributed by atoms with Gasteiger partial charge in [0.1, 0.15) is 17.6 Å². The summed E-state index contributed by atoms with van der Waals surface area (Å²) in [5, 5.41) is 20.8. The molecule has 8 heteroatoms. The van der Waals surface area contributed by atoms with Crippen molar-refractivity contribution in [1.29, 1.82) is 0 Å². The summed E-state index contributed by atoms with van der Waals surface area (Å²) in [6.45, 7) is 4.33. The number of hydrogen-bond acceptors (Lipinski definition) is 5. The Hall–Kier alpha value is -3.78. The minimum absolute atomic E-state index is 0.0705. The van der Waals surface area contributed by atoms with Crippen LogP contribution in [-0.4, -0.2) is 30.5 Å². The second-order valence-corrected chi connectivity index (χ2v) is 9.11. The number of phenolic OH excluding ortho intramolecular Hbond substituents is 2. The van der Waals surface area contributed by atoms with Crippen molar-refractivity contribution < 1.29 is 14.9 Å². The molecule has 2 N–H and O–H groups in total. The molecule has 4 aromatic rings. The maximum atomic E-state index is 13.5. The first kappa shape index (κ1) is 21.1. The van der Waals surface area contributed by atoms with Crippen molar-refractivity contribution in [3.63, 3.8) is 0 Å². The first-order valence-corrected chi connectivity index (χ1v) is 10.7. The molecule has 1 aliphatic rings. The van der Waals surface area contributed by atoms with E-state index in [0.717, 1.165) is 10.1 Å². The molecule has 1 aliphatic heterocycles. The Morgan fingerprint density at radius 1 is 1.00 bits per heavy atom. The van der Waals surface area contributed by atoms with Crippen LogP contribution in [0.5, 0.6) is 11.5 Å². The van der Waals surface area contributed by atoms with Gasteiger partial charge in [0.25, 0.3) is 5.56 Å². The average molecular weight is 447 g/mol. The molecule has 2 aromatic heterocycles. The van der Waals surface area contributed by atoms with Crippen LogP contribution in [0, 0.1) is 0 Å². The van der Waals surface area contributed by atoms with Crippen LogP contribution in [0.15, 0.2) is 58.1 Å². The molecule has 1 atom stereocenters. The van der Waals surface area contributed by atoms with E-state index < -0.39 is 22.9 Å². The largest absolute Gasteiger partial charge is 0.508 e. The van der Waals surface area contributed by atoms with Gasteiger partial charge in [0.2, 0.25) is 0 Å². The zero-order valence-corrected chi connectivity index (χ0v) is 18.9. The minimum Gasteiger partial charge on any atom is -0.508 e. The third kappa shape index (κ3) is 2.94. The van der Waals surface area contributed by atoms with Gasteiger partial charge in [-0.25, -0.2) is 4.79 Å². The molecule has 0 fully saturated rings. The summed E-state index contributed by atoms with van der Waals surface area (Å²) in [6, 6.07) is 13.9. The maximum absolute atomic E-state index is 13.5. The predicted molar refractivity (Wildman–Crippen MR) is 125 cm³/mol. The summed E-state index contributed by atoms with van der Waals surface area (Å²) in [4.78, 5) is 26.4. The van der Waals surface area contributed by atoms with Gasteiger partial charge in [-0.1, -0.05) is 30.3 Å². The smallest absolute Gasteiger partial charge is 0.331 e. The van der Waals surface area contributed by atoms with Gasteiger partial charge >= 0.3 is 5.69 Å². The molecule has 5 rings (SSSR count). The number of aromatic hydroxyl groups is 2. The van der Waals surface area contributed by atoms with Crippen molar-refractivity contribution in [3.05, 3.63) is 80.6 Å². The van der Waals surface area contributed by atoms with E-state index in [1.54, 1.807) is 13.1 Å². The molecule has 170 valence electrons. The lowest BCUT2D eigenvalue weighted by molar-refractivity contribution is -0.00800. The Morgan fingerprint density at radius 3 is 2.36 bits per heavy atom. The van der Waals surface area contributed by atoms with E-state index in [1.807, 2.05) is 44.2 Å². The lowest BCUT2D eigenvalue weighted by atomic mass is 9.97. The summed E-state index contributed by atoms with van der Waals surface area (Å²) in [7, 11) is 3.11. The van der Waals surface area contributed by atoms with Gasteiger partial charge < -0.3 is 19.5 Å². The Bertz CT molecular complexity index is 1530. The monoisotopic (exact) mass is 447 g/mol. The van der Waals surface area contributed by atoms with Gasteiger partial charge in [0, 0.05) is 25.7 Å². The van der Waals surface area contributed by atoms with Crippen molar-refractivity contribution >= 4 is 10.9 Å². The molecular formula is C25H25N3O5. The highest BCUT2D eigenvalue weighted by molar-refractivity contribution is 5.96. The normalized spacial score (nSPS) is 17.3. The molecule has 0 saturated carbocycles. The first-order chi connectivity index (χ1) is 15.6. The fourth-order valence-corrected chi connectivity index (χ4v) is 4.86. The van der Waals surface area contributed by atoms with Crippen molar-refractivity contribution in [2.45, 2.75) is 25.5 Å². The number of aromatic nitrogens is 3. The van der Waals surface area contributed by atoms with Crippen LogP contribution in [-0.2, 0) is 24.4 Å². The lowest BCUT2D eigenvalue weighted by Gasteiger charge is -2.39. The third-order valence-corrected chi connectivity index (χ3v) is 6.41. The fraction of sp³-hybridized carbons (Fsp3) is 0.280. The van der Waals surface area contributed by atoms with E-state index in [-0.39, 0.29) is 11.5 Å². The van der Waals surface area contributed by atoms with Crippen LogP contribution in [0.1, 0.15) is 31.2 Å². The fourth-order valence-electron chi connectivity index (χ4n) is 4.86. The van der Waals surface area contributed by atoms with Crippen LogP contribution >= 0.6 is 0 Å². The van der Waals surface area contributed by atoms with Gasteiger partial charge in [0.15, 0.2) is 0 Å². The summed E-state index contributed by atoms with van der Waals surface area (Å²) in [5.74, 6) is -0.199. The molecule has 8 nitrogen and oxygen atoms in total. The van der Waals surface area contributed by atoms with Crippen LogP contribution in [0.2, 0.25) is 0 Å². The molecule has 33 heavy (non-hydrogen) atoms. The molecule has 0 radical (unpaired) electrons. The summed E-state index contributed by atoms with van der Waals surface area (Å²) in [5.41, 5.74) is 1.67. The quantitative estimate of drug-likeness (QED) is 0.492. The van der Waals surface area contributed by atoms with E-state index in [2.05, 4.69) is 4.57 Å². The van der Waals surface area contributed by atoms with Crippen molar-refractivity contribution in [2.24, 2.45) is 14.1 Å². The second kappa shape index (κ2) is 7.11. The zero-order valence-electron chi connectivity index (χ0n) is 18.9. The standard InChI is InChI=1S/C25H25N3O5/c1-25(2)13-33-22(16-11-10-15(29)12-17(16)30)21-20-18(23(31)27(4)24(32)26(20)3)19(28(21)25)14-8-6-5-7-9-14/h5-12,22,29-30H,13H2,1-4H3. The minimum atomic E-state index is -0.753. The number of rotatable bonds is 2. The molecule has 2 aromatic carbocycles. The molecule has 3 heterocycles. The Morgan fingerprint density at radius 2 is 1.70 bits per heavy atom. The van der Waals surface area contributed by atoms with E-state index >= 15 is 0 Å². The van der Waals surface area contributed by atoms with Crippen molar-refractivity contribution in [3.8, 4) is 22.8 Å². The highest BCUT2D eigenvalue weighted by Gasteiger charge is 2.41. The van der Waals surface area contributed by atoms with Crippen molar-refractivity contribution in [2.75, 3.05) is 6.61 Å². The Balaban J connectivity index is 2.02. The molecule has 0 spiro atoms. The van der Waals surface area contributed by atoms with Crippen molar-refractivity contribution in [1.82, 2.24) is 13.7 Å². The lowest BCUT2D eigenvalue weighted by Crippen LogP contribution is -2.40. The summed E-state index contributed by atoms with van der Waals surface area (Å²) in [6.07, 6.45) is -0.753. The van der Waals surface area contributed by atoms with E-state index in [1.165, 1.54) is 23.7 Å². The highest BCUT2D eigenvalue weighted by Crippen LogP contribution is 2.47. The summed E-state index contributed by atoms with van der Waals surface area (Å²) >= 11 is 0. The summed E-state index contributed by atoms with van der Waals surface area (Å²) < 4.78 is 10.9. The van der Waals surface area contributed by atoms with E-state index in [9.17, 15) is 19.8 Å². The molecule has 1 unspecified atom stereocenters. The number of ether oxygens (including phenoxy) is 1. The van der Waals surface area contributed by atoms with Gasteiger partial charge in [0.05, 0.1) is 34.4 Å². The third-order valence-electron chi connectivity index (χ3n) is 6.41. The van der Waals surface area contributed by atoms with Crippen LogP contribution in [0.3, 0.4) is 0 Å². The Labute approximate surface area is 189 Å². The molecule has 0 aliphatic carbocycles. The highest BCUT2D eigenvalue weighted by atomic mass is 16.5. The number of phenols is 2. The molecule has 0 saturated heterocycles. The Kier molecular flexibility index (Phi) is 4.54. The molecule has 0 amide bonds. The van der Waals surface area contributed by atoms with Gasteiger partial charge in [-0.15, -0.1) is 0 Å². The molecule has 0 bridgehead atoms. The predicted octanol–water partition coefficient (Wildman–Crippen LogP) is 2.97. The molecular weight excluding hydrogens is 422 g/mol. The average Bonchev–Trinajstić information content (AvgIpc) is 3.15. The van der Waals surface area contributed by atoms with Crippen LogP contribution < -0.4 is 11.2 Å². The van der Waals surface area contributed by atoms with E-state index in [0.29, 0.717) is 34.5 Å². The maximum Gasteiger partial charge on any atom is 0.331 e. The van der Waals surface area contributed by atoms with E-state index in [4.69, 9.17) is 4.74 Å². The number of nitrogens with zero attached hydrogens (tertiary/aromatic N) is 3. The van der Waals surface area contributed by atoms with Gasteiger partial charge in [-0.3, -0.25) is 13.9 Å². The second-order valence-electron chi connectivity index (χ2n) is 9.11. The zero-order chi connectivity index (χ0) is 23.7. The van der Waals surface area contributed by atoms with Gasteiger partial charge in [-0.05, 0) is 31.5 Å². The van der Waals surface area contributed by atoms with Crippen LogP contribution in [0.25, 0.3) is 22.2 Å². The number of aryl methyl sites for hydroxylation is 1. The first-order valence-electron chi connectivity index (χ1n) is 10.7. The SMILES string of the molecule is Cn1c(=O)c2c(-c3ccccc3)n3c(c2n(C)c1=O)C(c1ccc(O)cc1O)OCC3(C)C. The number of benzene rings is 2. The number of hydrogen-bond donors (Lipinski definition) is 2. The van der Waals surface area contributed by atoms with Crippen LogP contribution in [0.4, 0.5) is 0 Å². The number of fused-ring (bicyclic) bond motifs is 3.